The number of carbonyl (C=O) groups excluding carboxylic acids is 1. The van der Waals surface area contributed by atoms with E-state index in [1.165, 1.54) is 0 Å². The van der Waals surface area contributed by atoms with E-state index < -0.39 is 19.0 Å². The van der Waals surface area contributed by atoms with Crippen LogP contribution in [-0.2, 0) is 32.6 Å². The van der Waals surface area contributed by atoms with E-state index >= 15 is 0 Å². The first-order chi connectivity index (χ1) is 11.4. The average Bonchev–Trinajstić information content (AvgIpc) is 2.33. The van der Waals surface area contributed by atoms with E-state index in [1.807, 2.05) is 20.8 Å². The van der Waals surface area contributed by atoms with Gasteiger partial charge in [-0.2, -0.15) is 0 Å². The Morgan fingerprint density at radius 1 is 1.12 bits per heavy atom. The predicted molar refractivity (Wildman–Crippen MR) is 94.6 cm³/mol. The van der Waals surface area contributed by atoms with Gasteiger partial charge in [-0.05, 0) is 48.5 Å². The van der Waals surface area contributed by atoms with Gasteiger partial charge < -0.3 is 23.3 Å². The first-order valence-electron chi connectivity index (χ1n) is 8.83. The molecule has 0 aromatic rings. The Kier molecular flexibility index (Phi) is 8.09. The Morgan fingerprint density at radius 2 is 1.64 bits per heavy atom. The molecule has 0 aromatic carbocycles. The molecule has 8 heteroatoms. The van der Waals surface area contributed by atoms with Gasteiger partial charge in [0.2, 0.25) is 0 Å². The Balaban J connectivity index is 2.75. The highest BCUT2D eigenvalue weighted by atomic mass is 31.2. The molecule has 7 nitrogen and oxygen atoms in total. The number of carbonyl (C=O) groups is 1. The zero-order valence-electron chi connectivity index (χ0n) is 16.5. The summed E-state index contributed by atoms with van der Waals surface area (Å²) < 4.78 is 40.5. The highest BCUT2D eigenvalue weighted by Gasteiger charge is 2.41. The Hall–Kier alpha value is -0.460. The van der Waals surface area contributed by atoms with Crippen LogP contribution in [0, 0.1) is 0 Å². The molecule has 1 rings (SSSR count). The smallest absolute Gasteiger partial charge is 0.333 e. The van der Waals surface area contributed by atoms with Crippen LogP contribution in [0.2, 0.25) is 0 Å². The quantitative estimate of drug-likeness (QED) is 0.467. The van der Waals surface area contributed by atoms with Gasteiger partial charge in [-0.3, -0.25) is 9.36 Å². The van der Waals surface area contributed by atoms with Gasteiger partial charge in [-0.25, -0.2) is 0 Å². The third-order valence-corrected chi connectivity index (χ3v) is 5.48. The van der Waals surface area contributed by atoms with Crippen molar-refractivity contribution >= 4 is 13.6 Å². The van der Waals surface area contributed by atoms with Crippen LogP contribution in [0.1, 0.15) is 61.3 Å². The van der Waals surface area contributed by atoms with Crippen LogP contribution in [0.5, 0.6) is 0 Å². The molecule has 0 aliphatic carbocycles. The standard InChI is InChI=1S/C17H33O7P/c1-8-20-25(19,21-9-2)12-14-10-13(22-17(6,7)23-14)11-15(18)24-16(3,4)5/h13-14H,8-12H2,1-7H3/t13-,14+/m1/s1. The zero-order chi connectivity index (χ0) is 19.3. The van der Waals surface area contributed by atoms with Gasteiger partial charge in [0.25, 0.3) is 0 Å². The van der Waals surface area contributed by atoms with Crippen LogP contribution in [0.4, 0.5) is 0 Å². The van der Waals surface area contributed by atoms with Gasteiger partial charge in [0.1, 0.15) is 5.60 Å². The van der Waals surface area contributed by atoms with E-state index in [1.54, 1.807) is 27.7 Å². The second kappa shape index (κ2) is 8.96. The van der Waals surface area contributed by atoms with Crippen molar-refractivity contribution in [3.8, 4) is 0 Å². The minimum absolute atomic E-state index is 0.119. The summed E-state index contributed by atoms with van der Waals surface area (Å²) in [6, 6.07) is 0. The summed E-state index contributed by atoms with van der Waals surface area (Å²) >= 11 is 0. The van der Waals surface area contributed by atoms with Crippen LogP contribution in [0.25, 0.3) is 0 Å². The molecule has 0 unspecified atom stereocenters. The van der Waals surface area contributed by atoms with Crippen molar-refractivity contribution in [3.63, 3.8) is 0 Å². The lowest BCUT2D eigenvalue weighted by Gasteiger charge is -2.41. The van der Waals surface area contributed by atoms with Crippen LogP contribution in [-0.4, -0.2) is 48.9 Å². The molecule has 0 saturated carbocycles. The lowest BCUT2D eigenvalue weighted by atomic mass is 10.1. The molecule has 1 aliphatic rings. The maximum Gasteiger partial charge on any atom is 0.333 e. The third-order valence-electron chi connectivity index (χ3n) is 3.32. The second-order valence-electron chi connectivity index (χ2n) is 7.53. The van der Waals surface area contributed by atoms with Crippen molar-refractivity contribution < 1.29 is 32.6 Å². The molecule has 148 valence electrons. The van der Waals surface area contributed by atoms with Crippen molar-refractivity contribution in [3.05, 3.63) is 0 Å². The summed E-state index contributed by atoms with van der Waals surface area (Å²) in [5.74, 6) is -1.22. The van der Waals surface area contributed by atoms with E-state index in [0.29, 0.717) is 19.6 Å². The van der Waals surface area contributed by atoms with Gasteiger partial charge >= 0.3 is 13.6 Å². The van der Waals surface area contributed by atoms with Gasteiger partial charge in [0, 0.05) is 6.42 Å². The second-order valence-corrected chi connectivity index (χ2v) is 9.64. The van der Waals surface area contributed by atoms with Crippen molar-refractivity contribution in [1.82, 2.24) is 0 Å². The molecular weight excluding hydrogens is 347 g/mol. The monoisotopic (exact) mass is 380 g/mol. The van der Waals surface area contributed by atoms with Gasteiger partial charge in [-0.15, -0.1) is 0 Å². The van der Waals surface area contributed by atoms with Crippen molar-refractivity contribution in [2.75, 3.05) is 19.4 Å². The molecule has 1 saturated heterocycles. The molecule has 1 aliphatic heterocycles. The van der Waals surface area contributed by atoms with E-state index in [9.17, 15) is 9.36 Å². The number of ether oxygens (including phenoxy) is 3. The Labute approximate surface area is 151 Å². The van der Waals surface area contributed by atoms with E-state index in [4.69, 9.17) is 23.3 Å². The highest BCUT2D eigenvalue weighted by Crippen LogP contribution is 2.50. The van der Waals surface area contributed by atoms with Crippen LogP contribution in [0.15, 0.2) is 0 Å². The Bertz CT molecular complexity index is 474. The van der Waals surface area contributed by atoms with Crippen LogP contribution in [0.3, 0.4) is 0 Å². The molecule has 1 heterocycles. The lowest BCUT2D eigenvalue weighted by molar-refractivity contribution is -0.296. The van der Waals surface area contributed by atoms with Crippen molar-refractivity contribution in [2.45, 2.75) is 84.9 Å². The normalized spacial score (nSPS) is 24.1. The molecule has 25 heavy (non-hydrogen) atoms. The fraction of sp³-hybridized carbons (Fsp3) is 0.941. The molecule has 0 N–H and O–H groups in total. The number of esters is 1. The minimum atomic E-state index is -3.24. The molecule has 0 bridgehead atoms. The van der Waals surface area contributed by atoms with Crippen LogP contribution >= 0.6 is 7.60 Å². The van der Waals surface area contributed by atoms with Crippen LogP contribution < -0.4 is 0 Å². The SMILES string of the molecule is CCOP(=O)(C[C@@H]1C[C@H](CC(=O)OC(C)(C)C)OC(C)(C)O1)OCC. The fourth-order valence-corrected chi connectivity index (χ4v) is 4.61. The first-order valence-corrected chi connectivity index (χ1v) is 10.6. The number of rotatable bonds is 8. The first kappa shape index (κ1) is 22.6. The van der Waals surface area contributed by atoms with Gasteiger partial charge in [-0.1, -0.05) is 0 Å². The summed E-state index contributed by atoms with van der Waals surface area (Å²) in [4.78, 5) is 12.1. The third kappa shape index (κ3) is 8.65. The molecule has 0 radical (unpaired) electrons. The predicted octanol–water partition coefficient (Wildman–Crippen LogP) is 3.89. The molecule has 0 amide bonds. The maximum absolute atomic E-state index is 12.8. The topological polar surface area (TPSA) is 80.3 Å². The van der Waals surface area contributed by atoms with Gasteiger partial charge in [0.15, 0.2) is 5.79 Å². The van der Waals surface area contributed by atoms with E-state index in [-0.39, 0.29) is 30.8 Å². The highest BCUT2D eigenvalue weighted by molar-refractivity contribution is 7.53. The molecule has 1 fully saturated rings. The summed E-state index contributed by atoms with van der Waals surface area (Å²) in [5, 5.41) is 0. The molecule has 2 atom stereocenters. The average molecular weight is 380 g/mol. The summed E-state index contributed by atoms with van der Waals surface area (Å²) in [7, 11) is -3.24. The maximum atomic E-state index is 12.8. The van der Waals surface area contributed by atoms with E-state index in [0.717, 1.165) is 0 Å². The van der Waals surface area contributed by atoms with Crippen molar-refractivity contribution in [1.29, 1.82) is 0 Å². The summed E-state index contributed by atoms with van der Waals surface area (Å²) in [6.07, 6.45) is -0.0897. The van der Waals surface area contributed by atoms with Gasteiger partial charge in [0.05, 0.1) is 38.0 Å². The summed E-state index contributed by atoms with van der Waals surface area (Å²) in [5.41, 5.74) is -0.545. The molecule has 0 spiro atoms. The molecular formula is C17H33O7P. The zero-order valence-corrected chi connectivity index (χ0v) is 17.4. The number of hydrogen-bond donors (Lipinski definition) is 0. The largest absolute Gasteiger partial charge is 0.460 e. The lowest BCUT2D eigenvalue weighted by Crippen LogP contribution is -2.47. The Morgan fingerprint density at radius 3 is 2.12 bits per heavy atom. The van der Waals surface area contributed by atoms with Crippen molar-refractivity contribution in [2.24, 2.45) is 0 Å². The number of hydrogen-bond acceptors (Lipinski definition) is 7. The molecule has 0 aromatic heterocycles. The summed E-state index contributed by atoms with van der Waals surface area (Å²) in [6.45, 7) is 13.1. The minimum Gasteiger partial charge on any atom is -0.460 e. The fourth-order valence-electron chi connectivity index (χ4n) is 2.81. The van der Waals surface area contributed by atoms with E-state index in [2.05, 4.69) is 0 Å².